The van der Waals surface area contributed by atoms with Crippen LogP contribution in [0.2, 0.25) is 0 Å². The van der Waals surface area contributed by atoms with Gasteiger partial charge in [0.25, 0.3) is 17.5 Å². The van der Waals surface area contributed by atoms with Gasteiger partial charge in [0.15, 0.2) is 0 Å². The minimum atomic E-state index is -0.451. The van der Waals surface area contributed by atoms with Crippen LogP contribution in [0.1, 0.15) is 33.6 Å². The zero-order valence-electron chi connectivity index (χ0n) is 15.4. The molecule has 1 aromatic heterocycles. The molecule has 0 saturated carbocycles. The predicted molar refractivity (Wildman–Crippen MR) is 103 cm³/mol. The molecule has 1 aliphatic rings. The third-order valence-electron chi connectivity index (χ3n) is 4.79. The summed E-state index contributed by atoms with van der Waals surface area (Å²) in [5.74, 6) is -0.501. The fourth-order valence-electron chi connectivity index (χ4n) is 3.30. The number of amides is 2. The van der Waals surface area contributed by atoms with Crippen LogP contribution >= 0.6 is 0 Å². The van der Waals surface area contributed by atoms with Gasteiger partial charge in [-0.05, 0) is 25.0 Å². The number of hydrogen-bond acceptors (Lipinski definition) is 6. The second-order valence-corrected chi connectivity index (χ2v) is 6.69. The van der Waals surface area contributed by atoms with Gasteiger partial charge in [0, 0.05) is 30.8 Å². The fraction of sp³-hybridized carbons (Fsp3) is 0.200. The largest absolute Gasteiger partial charge is 0.274 e. The Bertz CT molecular complexity index is 1070. The van der Waals surface area contributed by atoms with E-state index < -0.39 is 4.92 Å². The number of imide groups is 1. The highest BCUT2D eigenvalue weighted by Crippen LogP contribution is 2.23. The number of nitro benzene ring substituents is 1. The van der Waals surface area contributed by atoms with Crippen LogP contribution in [0.25, 0.3) is 11.3 Å². The molecule has 9 heteroatoms. The lowest BCUT2D eigenvalue weighted by Gasteiger charge is -2.13. The number of carbonyl (C=O) groups excluding carboxylic acids is 2. The normalized spacial score (nSPS) is 13.0. The van der Waals surface area contributed by atoms with Crippen molar-refractivity contribution in [2.45, 2.75) is 19.4 Å². The summed E-state index contributed by atoms with van der Waals surface area (Å²) in [6.45, 7) is 0.907. The molecule has 0 fully saturated rings. The van der Waals surface area contributed by atoms with Gasteiger partial charge in [-0.25, -0.2) is 0 Å². The van der Waals surface area contributed by atoms with Crippen molar-refractivity contribution in [3.63, 3.8) is 0 Å². The lowest BCUT2D eigenvalue weighted by Crippen LogP contribution is -2.30. The van der Waals surface area contributed by atoms with E-state index in [2.05, 4.69) is 10.3 Å². The van der Waals surface area contributed by atoms with E-state index in [1.54, 1.807) is 47.3 Å². The molecular weight excluding hydrogens is 374 g/mol. The average Bonchev–Trinajstić information content (AvgIpc) is 3.30. The van der Waals surface area contributed by atoms with Crippen molar-refractivity contribution in [1.82, 2.24) is 19.9 Å². The quantitative estimate of drug-likeness (QED) is 0.265. The van der Waals surface area contributed by atoms with Gasteiger partial charge in [0.1, 0.15) is 5.69 Å². The number of nitro groups is 1. The first-order valence-corrected chi connectivity index (χ1v) is 9.15. The topological polar surface area (TPSA) is 111 Å². The fourth-order valence-corrected chi connectivity index (χ4v) is 3.30. The highest BCUT2D eigenvalue weighted by Gasteiger charge is 2.34. The molecule has 0 aliphatic carbocycles. The molecule has 4 rings (SSSR count). The lowest BCUT2D eigenvalue weighted by atomic mass is 10.1. The number of carbonyl (C=O) groups is 2. The number of aromatic nitrogens is 3. The number of benzene rings is 2. The molecule has 2 heterocycles. The molecule has 0 saturated heterocycles. The summed E-state index contributed by atoms with van der Waals surface area (Å²) in [7, 11) is 0. The minimum Gasteiger partial charge on any atom is -0.274 e. The van der Waals surface area contributed by atoms with Gasteiger partial charge in [-0.1, -0.05) is 29.5 Å². The molecule has 2 aromatic carbocycles. The second-order valence-electron chi connectivity index (χ2n) is 6.69. The van der Waals surface area contributed by atoms with Crippen LogP contribution in [-0.2, 0) is 6.54 Å². The lowest BCUT2D eigenvalue weighted by molar-refractivity contribution is -0.384. The summed E-state index contributed by atoms with van der Waals surface area (Å²) in [6.07, 6.45) is 3.06. The molecule has 146 valence electrons. The van der Waals surface area contributed by atoms with Crippen LogP contribution in [0.4, 0.5) is 5.69 Å². The molecule has 0 N–H and O–H groups in total. The Morgan fingerprint density at radius 3 is 2.31 bits per heavy atom. The predicted octanol–water partition coefficient (Wildman–Crippen LogP) is 2.93. The van der Waals surface area contributed by atoms with Crippen LogP contribution in [0.3, 0.4) is 0 Å². The zero-order chi connectivity index (χ0) is 20.4. The van der Waals surface area contributed by atoms with Crippen LogP contribution in [0.5, 0.6) is 0 Å². The van der Waals surface area contributed by atoms with Gasteiger partial charge in [0.05, 0.1) is 22.2 Å². The SMILES string of the molecule is O=C1c2ccccc2C(=O)N1CCCCn1cc(-c2cccc([N+](=O)[O-])c2)nn1. The van der Waals surface area contributed by atoms with Gasteiger partial charge in [-0.15, -0.1) is 5.10 Å². The van der Waals surface area contributed by atoms with E-state index in [9.17, 15) is 19.7 Å². The summed E-state index contributed by atoms with van der Waals surface area (Å²) in [5.41, 5.74) is 2.08. The first-order valence-electron chi connectivity index (χ1n) is 9.15. The Kier molecular flexibility index (Phi) is 4.86. The van der Waals surface area contributed by atoms with Crippen LogP contribution in [0, 0.1) is 10.1 Å². The van der Waals surface area contributed by atoms with E-state index in [0.29, 0.717) is 48.3 Å². The Hall–Kier alpha value is -3.88. The van der Waals surface area contributed by atoms with Crippen LogP contribution < -0.4 is 0 Å². The van der Waals surface area contributed by atoms with Crippen LogP contribution in [-0.4, -0.2) is 43.2 Å². The van der Waals surface area contributed by atoms with Crippen molar-refractivity contribution in [3.8, 4) is 11.3 Å². The Morgan fingerprint density at radius 1 is 0.931 bits per heavy atom. The summed E-state index contributed by atoms with van der Waals surface area (Å²) in [4.78, 5) is 36.4. The maximum Gasteiger partial charge on any atom is 0.270 e. The molecular formula is C20H17N5O4. The summed E-state index contributed by atoms with van der Waals surface area (Å²) in [6, 6.07) is 13.1. The first kappa shape index (κ1) is 18.5. The van der Waals surface area contributed by atoms with Gasteiger partial charge in [0.2, 0.25) is 0 Å². The van der Waals surface area contributed by atoms with Gasteiger partial charge >= 0.3 is 0 Å². The molecule has 0 atom stereocenters. The summed E-state index contributed by atoms with van der Waals surface area (Å²) >= 11 is 0. The van der Waals surface area contributed by atoms with Crippen LogP contribution in [0.15, 0.2) is 54.7 Å². The number of non-ortho nitro benzene ring substituents is 1. The summed E-state index contributed by atoms with van der Waals surface area (Å²) < 4.78 is 1.65. The molecule has 2 amide bonds. The number of hydrogen-bond donors (Lipinski definition) is 0. The van der Waals surface area contributed by atoms with Crippen molar-refractivity contribution in [3.05, 3.63) is 76.0 Å². The van der Waals surface area contributed by atoms with E-state index in [1.165, 1.54) is 17.0 Å². The van der Waals surface area contributed by atoms with Crippen molar-refractivity contribution in [2.24, 2.45) is 0 Å². The van der Waals surface area contributed by atoms with Crippen molar-refractivity contribution >= 4 is 17.5 Å². The van der Waals surface area contributed by atoms with Gasteiger partial charge < -0.3 is 0 Å². The monoisotopic (exact) mass is 391 g/mol. The van der Waals surface area contributed by atoms with Gasteiger partial charge in [-0.3, -0.25) is 29.3 Å². The molecule has 0 radical (unpaired) electrons. The molecule has 3 aromatic rings. The van der Waals surface area contributed by atoms with Gasteiger partial charge in [-0.2, -0.15) is 0 Å². The average molecular weight is 391 g/mol. The zero-order valence-corrected chi connectivity index (χ0v) is 15.4. The molecule has 0 bridgehead atoms. The first-order chi connectivity index (χ1) is 14.0. The molecule has 1 aliphatic heterocycles. The number of aryl methyl sites for hydroxylation is 1. The Morgan fingerprint density at radius 2 is 1.62 bits per heavy atom. The number of unbranched alkanes of at least 4 members (excludes halogenated alkanes) is 1. The Balaban J connectivity index is 1.32. The van der Waals surface area contributed by atoms with E-state index >= 15 is 0 Å². The number of fused-ring (bicyclic) bond motifs is 1. The smallest absolute Gasteiger partial charge is 0.270 e. The standard InChI is InChI=1S/C20H17N5O4/c26-19-16-8-1-2-9-17(16)20(27)24(19)11-4-3-10-23-13-18(21-22-23)14-6-5-7-15(12-14)25(28)29/h1-2,5-9,12-13H,3-4,10-11H2. The second kappa shape index (κ2) is 7.63. The number of rotatable bonds is 7. The van der Waals surface area contributed by atoms with E-state index in [-0.39, 0.29) is 17.5 Å². The van der Waals surface area contributed by atoms with E-state index in [4.69, 9.17) is 0 Å². The third-order valence-corrected chi connectivity index (χ3v) is 4.79. The molecule has 0 unspecified atom stereocenters. The summed E-state index contributed by atoms with van der Waals surface area (Å²) in [5, 5.41) is 19.0. The minimum absolute atomic E-state index is 0.00186. The van der Waals surface area contributed by atoms with E-state index in [0.717, 1.165) is 0 Å². The molecule has 29 heavy (non-hydrogen) atoms. The maximum atomic E-state index is 12.3. The van der Waals surface area contributed by atoms with Crippen molar-refractivity contribution < 1.29 is 14.5 Å². The third kappa shape index (κ3) is 3.62. The number of nitrogens with zero attached hydrogens (tertiary/aromatic N) is 5. The maximum absolute atomic E-state index is 12.3. The van der Waals surface area contributed by atoms with E-state index in [1.807, 2.05) is 0 Å². The Labute approximate surface area is 165 Å². The van der Waals surface area contributed by atoms with Crippen molar-refractivity contribution in [1.29, 1.82) is 0 Å². The highest BCUT2D eigenvalue weighted by molar-refractivity contribution is 6.21. The molecule has 9 nitrogen and oxygen atoms in total. The molecule has 0 spiro atoms. The van der Waals surface area contributed by atoms with Crippen molar-refractivity contribution in [2.75, 3.05) is 6.54 Å². The highest BCUT2D eigenvalue weighted by atomic mass is 16.6.